The number of para-hydroxylation sites is 1. The summed E-state index contributed by atoms with van der Waals surface area (Å²) in [5, 5.41) is 12.2. The van der Waals surface area contributed by atoms with Gasteiger partial charge in [-0.1, -0.05) is 30.3 Å². The van der Waals surface area contributed by atoms with Crippen molar-refractivity contribution in [1.29, 1.82) is 0 Å². The quantitative estimate of drug-likeness (QED) is 0.567. The van der Waals surface area contributed by atoms with Crippen LogP contribution in [0.1, 0.15) is 16.8 Å². The number of hydrogen-bond donors (Lipinski definition) is 1. The summed E-state index contributed by atoms with van der Waals surface area (Å²) in [5.41, 5.74) is 6.86. The minimum Gasteiger partial charge on any atom is -0.497 e. The summed E-state index contributed by atoms with van der Waals surface area (Å²) in [6.07, 6.45) is 5.09. The van der Waals surface area contributed by atoms with E-state index in [2.05, 4.69) is 39.5 Å². The summed E-state index contributed by atoms with van der Waals surface area (Å²) in [6, 6.07) is 18.4. The number of rotatable bonds is 5. The Hall–Kier alpha value is -3.38. The van der Waals surface area contributed by atoms with Crippen molar-refractivity contribution in [3.05, 3.63) is 83.8 Å². The average molecular weight is 385 g/mol. The molecule has 0 atom stereocenters. The molecule has 6 heteroatoms. The predicted octanol–water partition coefficient (Wildman–Crippen LogP) is 3.83. The van der Waals surface area contributed by atoms with Crippen molar-refractivity contribution >= 4 is 0 Å². The predicted molar refractivity (Wildman–Crippen MR) is 112 cm³/mol. The number of methoxy groups -OCH3 is 1. The highest BCUT2D eigenvalue weighted by molar-refractivity contribution is 5.65. The third-order valence-electron chi connectivity index (χ3n) is 5.43. The van der Waals surface area contributed by atoms with Gasteiger partial charge >= 0.3 is 0 Å². The number of fused-ring (bicyclic) bond motifs is 1. The van der Waals surface area contributed by atoms with Crippen LogP contribution in [0.5, 0.6) is 5.75 Å². The van der Waals surface area contributed by atoms with Gasteiger partial charge in [-0.3, -0.25) is 10.00 Å². The molecule has 2 aromatic carbocycles. The van der Waals surface area contributed by atoms with Crippen molar-refractivity contribution in [2.24, 2.45) is 0 Å². The molecule has 1 aliphatic heterocycles. The zero-order valence-electron chi connectivity index (χ0n) is 16.4. The van der Waals surface area contributed by atoms with E-state index in [1.54, 1.807) is 7.11 Å². The van der Waals surface area contributed by atoms with Gasteiger partial charge in [0, 0.05) is 54.6 Å². The maximum atomic E-state index is 5.43. The van der Waals surface area contributed by atoms with E-state index in [9.17, 15) is 0 Å². The van der Waals surface area contributed by atoms with Gasteiger partial charge < -0.3 is 4.74 Å². The number of aromatic amines is 1. The second kappa shape index (κ2) is 7.56. The minimum absolute atomic E-state index is 0.837. The van der Waals surface area contributed by atoms with Crippen LogP contribution in [-0.4, -0.2) is 38.5 Å². The van der Waals surface area contributed by atoms with Crippen molar-refractivity contribution in [1.82, 2.24) is 24.9 Å². The van der Waals surface area contributed by atoms with Crippen LogP contribution in [0.2, 0.25) is 0 Å². The molecule has 0 saturated carbocycles. The van der Waals surface area contributed by atoms with Crippen LogP contribution >= 0.6 is 0 Å². The van der Waals surface area contributed by atoms with Crippen LogP contribution in [-0.2, 0) is 19.5 Å². The van der Waals surface area contributed by atoms with E-state index in [-0.39, 0.29) is 0 Å². The molecule has 0 fully saturated rings. The van der Waals surface area contributed by atoms with E-state index in [1.165, 1.54) is 16.8 Å². The summed E-state index contributed by atoms with van der Waals surface area (Å²) < 4.78 is 7.40. The van der Waals surface area contributed by atoms with E-state index < -0.39 is 0 Å². The lowest BCUT2D eigenvalue weighted by Crippen LogP contribution is -2.29. The summed E-state index contributed by atoms with van der Waals surface area (Å²) >= 11 is 0. The molecule has 5 rings (SSSR count). The van der Waals surface area contributed by atoms with E-state index in [4.69, 9.17) is 9.84 Å². The van der Waals surface area contributed by atoms with Gasteiger partial charge in [0.1, 0.15) is 5.75 Å². The van der Waals surface area contributed by atoms with Gasteiger partial charge in [0.25, 0.3) is 0 Å². The lowest BCUT2D eigenvalue weighted by atomic mass is 10.1. The Morgan fingerprint density at radius 2 is 2.00 bits per heavy atom. The number of nitrogens with one attached hydrogen (secondary N) is 1. The van der Waals surface area contributed by atoms with E-state index in [0.29, 0.717) is 0 Å². The van der Waals surface area contributed by atoms with Crippen LogP contribution in [0.15, 0.2) is 67.0 Å². The van der Waals surface area contributed by atoms with Gasteiger partial charge in [-0.15, -0.1) is 0 Å². The van der Waals surface area contributed by atoms with Crippen LogP contribution in [0.3, 0.4) is 0 Å². The van der Waals surface area contributed by atoms with Gasteiger partial charge in [-0.25, -0.2) is 4.68 Å². The number of H-pyrrole nitrogens is 1. The first-order chi connectivity index (χ1) is 14.3. The Labute approximate surface area is 169 Å². The van der Waals surface area contributed by atoms with Gasteiger partial charge in [-0.05, 0) is 24.3 Å². The molecule has 0 amide bonds. The number of ether oxygens (including phenoxy) is 1. The van der Waals surface area contributed by atoms with E-state index in [1.807, 2.05) is 47.3 Å². The molecular formula is C23H23N5O. The van der Waals surface area contributed by atoms with Crippen molar-refractivity contribution in [3.63, 3.8) is 0 Å². The fourth-order valence-corrected chi connectivity index (χ4v) is 3.91. The van der Waals surface area contributed by atoms with E-state index in [0.717, 1.165) is 48.7 Å². The van der Waals surface area contributed by atoms with Gasteiger partial charge in [0.05, 0.1) is 24.7 Å². The standard InChI is InChI=1S/C23H23N5O/c1-29-21-9-5-6-17(12-21)23-19(16-28(26-23)20-7-3-2-4-8-20)15-27-11-10-22-18(14-27)13-24-25-22/h2-9,12-13,16H,10-11,14-15H2,1H3,(H,24,25). The Kier molecular flexibility index (Phi) is 4.62. The van der Waals surface area contributed by atoms with Crippen LogP contribution in [0.4, 0.5) is 0 Å². The molecule has 0 radical (unpaired) electrons. The Bertz CT molecular complexity index is 1120. The number of benzene rings is 2. The molecule has 0 unspecified atom stereocenters. The van der Waals surface area contributed by atoms with Crippen molar-refractivity contribution in [2.45, 2.75) is 19.5 Å². The molecule has 3 heterocycles. The normalized spacial score (nSPS) is 14.0. The molecular weight excluding hydrogens is 362 g/mol. The fourth-order valence-electron chi connectivity index (χ4n) is 3.91. The number of aromatic nitrogens is 4. The highest BCUT2D eigenvalue weighted by atomic mass is 16.5. The lowest BCUT2D eigenvalue weighted by Gasteiger charge is -2.26. The van der Waals surface area contributed by atoms with Crippen molar-refractivity contribution < 1.29 is 4.74 Å². The fraction of sp³-hybridized carbons (Fsp3) is 0.217. The highest BCUT2D eigenvalue weighted by Gasteiger charge is 2.21. The molecule has 4 aromatic rings. The molecule has 29 heavy (non-hydrogen) atoms. The first-order valence-corrected chi connectivity index (χ1v) is 9.82. The zero-order valence-corrected chi connectivity index (χ0v) is 16.4. The maximum Gasteiger partial charge on any atom is 0.119 e. The Balaban J connectivity index is 1.51. The molecule has 0 aliphatic carbocycles. The third-order valence-corrected chi connectivity index (χ3v) is 5.43. The van der Waals surface area contributed by atoms with Gasteiger partial charge in [-0.2, -0.15) is 10.2 Å². The number of nitrogens with zero attached hydrogens (tertiary/aromatic N) is 4. The largest absolute Gasteiger partial charge is 0.497 e. The molecule has 1 N–H and O–H groups in total. The number of hydrogen-bond acceptors (Lipinski definition) is 4. The minimum atomic E-state index is 0.837. The van der Waals surface area contributed by atoms with Gasteiger partial charge in [0.15, 0.2) is 0 Å². The van der Waals surface area contributed by atoms with Gasteiger partial charge in [0.2, 0.25) is 0 Å². The Morgan fingerprint density at radius 3 is 2.86 bits per heavy atom. The molecule has 0 saturated heterocycles. The molecule has 0 spiro atoms. The van der Waals surface area contributed by atoms with Crippen LogP contribution < -0.4 is 4.74 Å². The topological polar surface area (TPSA) is 59.0 Å². The monoisotopic (exact) mass is 385 g/mol. The maximum absolute atomic E-state index is 5.43. The zero-order chi connectivity index (χ0) is 19.6. The summed E-state index contributed by atoms with van der Waals surface area (Å²) in [6.45, 7) is 2.74. The first kappa shape index (κ1) is 17.7. The third kappa shape index (κ3) is 3.54. The molecule has 0 bridgehead atoms. The van der Waals surface area contributed by atoms with Crippen LogP contribution in [0.25, 0.3) is 16.9 Å². The smallest absolute Gasteiger partial charge is 0.119 e. The molecule has 6 nitrogen and oxygen atoms in total. The van der Waals surface area contributed by atoms with Crippen molar-refractivity contribution in [3.8, 4) is 22.7 Å². The average Bonchev–Trinajstić information content (AvgIpc) is 3.41. The molecule has 1 aliphatic rings. The SMILES string of the molecule is COc1cccc(-c2nn(-c3ccccc3)cc2CN2CCc3[nH]ncc3C2)c1. The van der Waals surface area contributed by atoms with E-state index >= 15 is 0 Å². The summed E-state index contributed by atoms with van der Waals surface area (Å²) in [7, 11) is 1.69. The molecule has 2 aromatic heterocycles. The lowest BCUT2D eigenvalue weighted by molar-refractivity contribution is 0.245. The second-order valence-corrected chi connectivity index (χ2v) is 7.35. The molecule has 146 valence electrons. The Morgan fingerprint density at radius 1 is 1.10 bits per heavy atom. The first-order valence-electron chi connectivity index (χ1n) is 9.82. The second-order valence-electron chi connectivity index (χ2n) is 7.35. The van der Waals surface area contributed by atoms with Crippen molar-refractivity contribution in [2.75, 3.05) is 13.7 Å². The van der Waals surface area contributed by atoms with Crippen LogP contribution in [0, 0.1) is 0 Å². The highest BCUT2D eigenvalue weighted by Crippen LogP contribution is 2.29. The summed E-state index contributed by atoms with van der Waals surface area (Å²) in [4.78, 5) is 2.45. The summed E-state index contributed by atoms with van der Waals surface area (Å²) in [5.74, 6) is 0.837.